The largest absolute Gasteiger partial charge is 0.303 e. The van der Waals surface area contributed by atoms with Crippen molar-refractivity contribution in [2.45, 2.75) is 11.3 Å². The third kappa shape index (κ3) is 2.25. The number of aldehydes is 1. The average Bonchev–Trinajstić information content (AvgIpc) is 2.06. The summed E-state index contributed by atoms with van der Waals surface area (Å²) in [5.41, 5.74) is 0.902. The second-order valence-corrected chi connectivity index (χ2v) is 3.38. The molecule has 2 N–H and O–H groups in total. The molecule has 0 saturated carbocycles. The van der Waals surface area contributed by atoms with Crippen LogP contribution >= 0.6 is 0 Å². The van der Waals surface area contributed by atoms with Gasteiger partial charge in [0.2, 0.25) is 0 Å². The van der Waals surface area contributed by atoms with Crippen LogP contribution in [0.2, 0.25) is 0 Å². The molecule has 0 bridgehead atoms. The first kappa shape index (κ1) is 9.09. The summed E-state index contributed by atoms with van der Waals surface area (Å²) in [7, 11) is -1.43. The van der Waals surface area contributed by atoms with E-state index in [1.165, 1.54) is 0 Å². The molecule has 0 heterocycles. The Labute approximate surface area is 73.2 Å². The molecule has 1 aromatic carbocycles. The summed E-state index contributed by atoms with van der Waals surface area (Å²) in [6, 6.07) is 6.81. The van der Waals surface area contributed by atoms with E-state index in [4.69, 9.17) is 5.14 Å². The van der Waals surface area contributed by atoms with Gasteiger partial charge in [-0.2, -0.15) is 0 Å². The molecule has 1 unspecified atom stereocenters. The van der Waals surface area contributed by atoms with Crippen LogP contribution in [0.5, 0.6) is 0 Å². The third-order valence-electron chi connectivity index (χ3n) is 1.47. The minimum absolute atomic E-state index is 0.386. The smallest absolute Gasteiger partial charge is 0.124 e. The molecule has 0 saturated heterocycles. The van der Waals surface area contributed by atoms with Crippen molar-refractivity contribution in [1.82, 2.24) is 0 Å². The van der Waals surface area contributed by atoms with Crippen LogP contribution < -0.4 is 5.14 Å². The van der Waals surface area contributed by atoms with Crippen LogP contribution in [0.4, 0.5) is 0 Å². The minimum Gasteiger partial charge on any atom is -0.303 e. The predicted molar refractivity (Wildman–Crippen MR) is 46.8 cm³/mol. The van der Waals surface area contributed by atoms with E-state index in [0.717, 1.165) is 11.8 Å². The summed E-state index contributed by atoms with van der Waals surface area (Å²) >= 11 is 0. The highest BCUT2D eigenvalue weighted by atomic mass is 32.2. The number of benzene rings is 1. The van der Waals surface area contributed by atoms with Gasteiger partial charge in [-0.3, -0.25) is 0 Å². The van der Waals surface area contributed by atoms with Crippen molar-refractivity contribution in [1.29, 1.82) is 0 Å². The molecule has 3 nitrogen and oxygen atoms in total. The first-order valence-electron chi connectivity index (χ1n) is 3.43. The topological polar surface area (TPSA) is 60.2 Å². The first-order chi connectivity index (χ1) is 5.74. The van der Waals surface area contributed by atoms with E-state index in [1.807, 2.05) is 0 Å². The normalized spacial score (nSPS) is 12.4. The lowest BCUT2D eigenvalue weighted by Gasteiger charge is -1.96. The second-order valence-electron chi connectivity index (χ2n) is 2.31. The number of hydrogen-bond acceptors (Lipinski definition) is 2. The molecule has 1 atom stereocenters. The molecule has 0 aliphatic rings. The molecule has 0 aromatic heterocycles. The van der Waals surface area contributed by atoms with E-state index in [0.29, 0.717) is 11.3 Å². The zero-order chi connectivity index (χ0) is 8.97. The van der Waals surface area contributed by atoms with Gasteiger partial charge in [0.05, 0.1) is 4.90 Å². The maximum absolute atomic E-state index is 10.7. The molecule has 1 aromatic rings. The molecule has 0 radical (unpaired) electrons. The summed E-state index contributed by atoms with van der Waals surface area (Å²) < 4.78 is 10.7. The Morgan fingerprint density at radius 2 is 1.92 bits per heavy atom. The number of carbonyl (C=O) groups is 1. The SMILES string of the molecule is NS(=O)c1ccc(CC=O)cc1. The van der Waals surface area contributed by atoms with E-state index in [-0.39, 0.29) is 0 Å². The summed E-state index contributed by atoms with van der Waals surface area (Å²) in [5.74, 6) is 0. The molecule has 64 valence electrons. The number of nitrogens with two attached hydrogens (primary N) is 1. The molecule has 0 aliphatic heterocycles. The fraction of sp³-hybridized carbons (Fsp3) is 0.125. The number of hydrogen-bond donors (Lipinski definition) is 1. The summed E-state index contributed by atoms with van der Waals surface area (Å²) in [5, 5.41) is 5.14. The zero-order valence-corrected chi connectivity index (χ0v) is 7.21. The van der Waals surface area contributed by atoms with Crippen LogP contribution in [-0.4, -0.2) is 10.5 Å². The summed E-state index contributed by atoms with van der Waals surface area (Å²) in [4.78, 5) is 10.7. The standard InChI is InChI=1S/C8H9NO2S/c9-12(11)8-3-1-7(2-4-8)5-6-10/h1-4,6H,5,9H2. The lowest BCUT2D eigenvalue weighted by Crippen LogP contribution is -2.02. The molecule has 12 heavy (non-hydrogen) atoms. The highest BCUT2D eigenvalue weighted by molar-refractivity contribution is 7.82. The summed E-state index contributed by atoms with van der Waals surface area (Å²) in [6.45, 7) is 0. The minimum atomic E-state index is -1.43. The Kier molecular flexibility index (Phi) is 3.13. The third-order valence-corrected chi connectivity index (χ3v) is 2.21. The number of carbonyl (C=O) groups excluding carboxylic acids is 1. The molecular formula is C8H9NO2S. The maximum Gasteiger partial charge on any atom is 0.124 e. The Morgan fingerprint density at radius 1 is 1.33 bits per heavy atom. The average molecular weight is 183 g/mol. The highest BCUT2D eigenvalue weighted by Crippen LogP contribution is 2.05. The van der Waals surface area contributed by atoms with Crippen molar-refractivity contribution in [2.75, 3.05) is 0 Å². The van der Waals surface area contributed by atoms with Crippen molar-refractivity contribution in [3.63, 3.8) is 0 Å². The van der Waals surface area contributed by atoms with E-state index < -0.39 is 11.0 Å². The Hall–Kier alpha value is -1.00. The van der Waals surface area contributed by atoms with Gasteiger partial charge in [0.1, 0.15) is 17.3 Å². The van der Waals surface area contributed by atoms with Crippen molar-refractivity contribution in [3.8, 4) is 0 Å². The van der Waals surface area contributed by atoms with Crippen molar-refractivity contribution >= 4 is 17.3 Å². The van der Waals surface area contributed by atoms with Gasteiger partial charge in [0.15, 0.2) is 0 Å². The van der Waals surface area contributed by atoms with Crippen LogP contribution in [0, 0.1) is 0 Å². The van der Waals surface area contributed by atoms with E-state index in [9.17, 15) is 9.00 Å². The Balaban J connectivity index is 2.85. The molecule has 0 amide bonds. The molecule has 0 spiro atoms. The van der Waals surface area contributed by atoms with Gasteiger partial charge in [0.25, 0.3) is 0 Å². The fourth-order valence-corrected chi connectivity index (χ4v) is 1.26. The molecule has 1 rings (SSSR count). The molecule has 4 heteroatoms. The monoisotopic (exact) mass is 183 g/mol. The Bertz CT molecular complexity index is 294. The van der Waals surface area contributed by atoms with Gasteiger partial charge in [0, 0.05) is 6.42 Å². The maximum atomic E-state index is 10.7. The van der Waals surface area contributed by atoms with Gasteiger partial charge in [-0.15, -0.1) is 0 Å². The second kappa shape index (κ2) is 4.13. The molecular weight excluding hydrogens is 174 g/mol. The van der Waals surface area contributed by atoms with E-state index in [2.05, 4.69) is 0 Å². The van der Waals surface area contributed by atoms with Crippen molar-refractivity contribution in [2.24, 2.45) is 5.14 Å². The fourth-order valence-electron chi connectivity index (χ4n) is 0.856. The predicted octanol–water partition coefficient (Wildman–Crippen LogP) is 0.409. The lowest BCUT2D eigenvalue weighted by molar-refractivity contribution is -0.107. The van der Waals surface area contributed by atoms with Crippen LogP contribution in [0.3, 0.4) is 0 Å². The van der Waals surface area contributed by atoms with Crippen LogP contribution in [0.25, 0.3) is 0 Å². The van der Waals surface area contributed by atoms with Crippen LogP contribution in [0.1, 0.15) is 5.56 Å². The quantitative estimate of drug-likeness (QED) is 0.690. The zero-order valence-electron chi connectivity index (χ0n) is 6.40. The van der Waals surface area contributed by atoms with Gasteiger partial charge < -0.3 is 4.79 Å². The van der Waals surface area contributed by atoms with Crippen molar-refractivity contribution < 1.29 is 9.00 Å². The highest BCUT2D eigenvalue weighted by Gasteiger charge is 1.96. The lowest BCUT2D eigenvalue weighted by atomic mass is 10.2. The number of rotatable bonds is 3. The molecule has 0 aliphatic carbocycles. The van der Waals surface area contributed by atoms with Crippen molar-refractivity contribution in [3.05, 3.63) is 29.8 Å². The first-order valence-corrected chi connectivity index (χ1v) is 4.64. The van der Waals surface area contributed by atoms with Crippen LogP contribution in [0.15, 0.2) is 29.2 Å². The summed E-state index contributed by atoms with van der Waals surface area (Å²) in [6.07, 6.45) is 1.21. The molecule has 0 fully saturated rings. The van der Waals surface area contributed by atoms with Gasteiger partial charge >= 0.3 is 0 Å². The van der Waals surface area contributed by atoms with Gasteiger partial charge in [-0.1, -0.05) is 12.1 Å². The van der Waals surface area contributed by atoms with Gasteiger partial charge in [-0.05, 0) is 17.7 Å². The van der Waals surface area contributed by atoms with Gasteiger partial charge in [-0.25, -0.2) is 9.35 Å². The van der Waals surface area contributed by atoms with Crippen LogP contribution in [-0.2, 0) is 22.2 Å². The van der Waals surface area contributed by atoms with E-state index in [1.54, 1.807) is 24.3 Å². The Morgan fingerprint density at radius 3 is 2.33 bits per heavy atom. The van der Waals surface area contributed by atoms with E-state index >= 15 is 0 Å².